The molecule has 2 aromatic carbocycles. The molecule has 0 bridgehead atoms. The van der Waals surface area contributed by atoms with E-state index in [1.807, 2.05) is 18.2 Å². The van der Waals surface area contributed by atoms with Gasteiger partial charge in [0.2, 0.25) is 0 Å². The Balaban J connectivity index is 2.40. The van der Waals surface area contributed by atoms with Gasteiger partial charge in [-0.3, -0.25) is 0 Å². The number of aliphatic hydroxyl groups is 1. The van der Waals surface area contributed by atoms with Gasteiger partial charge in [-0.15, -0.1) is 0 Å². The fourth-order valence-corrected chi connectivity index (χ4v) is 2.69. The summed E-state index contributed by atoms with van der Waals surface area (Å²) in [6.07, 6.45) is -1.04. The Morgan fingerprint density at radius 3 is 2.57 bits per heavy atom. The topological polar surface area (TPSA) is 55.5 Å². The maximum absolute atomic E-state index is 14.0. The minimum Gasteiger partial charge on any atom is -0.496 e. The minimum absolute atomic E-state index is 0.178. The van der Waals surface area contributed by atoms with Crippen molar-refractivity contribution in [2.45, 2.75) is 12.0 Å². The van der Waals surface area contributed by atoms with Crippen molar-refractivity contribution in [2.24, 2.45) is 5.73 Å². The quantitative estimate of drug-likeness (QED) is 0.866. The standard InChI is InChI=1S/C16H17BrFNO2/c1-21-15-5-3-2-4-11(15)13(9-19)16(20)12-7-6-10(17)8-14(12)18/h2-8,13,16,20H,9,19H2,1H3. The smallest absolute Gasteiger partial charge is 0.130 e. The number of methoxy groups -OCH3 is 1. The van der Waals surface area contributed by atoms with Crippen LogP contribution in [-0.2, 0) is 0 Å². The highest BCUT2D eigenvalue weighted by molar-refractivity contribution is 9.10. The number of halogens is 2. The van der Waals surface area contributed by atoms with E-state index in [4.69, 9.17) is 10.5 Å². The van der Waals surface area contributed by atoms with Crippen LogP contribution in [0.3, 0.4) is 0 Å². The number of nitrogens with two attached hydrogens (primary N) is 1. The molecule has 21 heavy (non-hydrogen) atoms. The number of aliphatic hydroxyl groups excluding tert-OH is 1. The number of hydrogen-bond acceptors (Lipinski definition) is 3. The van der Waals surface area contributed by atoms with E-state index in [1.54, 1.807) is 25.3 Å². The summed E-state index contributed by atoms with van der Waals surface area (Å²) in [4.78, 5) is 0. The number of para-hydroxylation sites is 1. The van der Waals surface area contributed by atoms with Gasteiger partial charge in [-0.1, -0.05) is 40.2 Å². The van der Waals surface area contributed by atoms with Gasteiger partial charge >= 0.3 is 0 Å². The van der Waals surface area contributed by atoms with E-state index in [0.29, 0.717) is 10.2 Å². The molecule has 2 rings (SSSR count). The molecule has 0 amide bonds. The highest BCUT2D eigenvalue weighted by Gasteiger charge is 2.26. The molecule has 0 saturated heterocycles. The fourth-order valence-electron chi connectivity index (χ4n) is 2.36. The Labute approximate surface area is 131 Å². The molecular formula is C16H17BrFNO2. The normalized spacial score (nSPS) is 13.8. The van der Waals surface area contributed by atoms with Crippen LogP contribution in [0.5, 0.6) is 5.75 Å². The van der Waals surface area contributed by atoms with Crippen LogP contribution < -0.4 is 10.5 Å². The van der Waals surface area contributed by atoms with E-state index in [1.165, 1.54) is 6.07 Å². The zero-order valence-corrected chi connectivity index (χ0v) is 13.2. The summed E-state index contributed by atoms with van der Waals surface area (Å²) in [6.45, 7) is 0.178. The molecule has 2 unspecified atom stereocenters. The lowest BCUT2D eigenvalue weighted by Gasteiger charge is -2.24. The van der Waals surface area contributed by atoms with Gasteiger partial charge in [0, 0.05) is 28.1 Å². The first kappa shape index (κ1) is 15.9. The Morgan fingerprint density at radius 1 is 1.24 bits per heavy atom. The predicted molar refractivity (Wildman–Crippen MR) is 83.8 cm³/mol. The first-order valence-corrected chi connectivity index (χ1v) is 7.33. The van der Waals surface area contributed by atoms with Crippen LogP contribution in [0.4, 0.5) is 4.39 Å². The van der Waals surface area contributed by atoms with Gasteiger partial charge in [0.1, 0.15) is 11.6 Å². The zero-order chi connectivity index (χ0) is 15.4. The molecule has 0 saturated carbocycles. The Morgan fingerprint density at radius 2 is 1.95 bits per heavy atom. The number of benzene rings is 2. The Bertz CT molecular complexity index is 621. The van der Waals surface area contributed by atoms with Crippen LogP contribution in [0.1, 0.15) is 23.1 Å². The molecule has 3 nitrogen and oxygen atoms in total. The number of hydrogen-bond donors (Lipinski definition) is 2. The molecule has 0 aliphatic carbocycles. The van der Waals surface area contributed by atoms with Gasteiger partial charge in [0.25, 0.3) is 0 Å². The van der Waals surface area contributed by atoms with Gasteiger partial charge in [0.15, 0.2) is 0 Å². The summed E-state index contributed by atoms with van der Waals surface area (Å²) in [5, 5.41) is 10.5. The first-order valence-electron chi connectivity index (χ1n) is 6.54. The van der Waals surface area contributed by atoms with Gasteiger partial charge in [-0.2, -0.15) is 0 Å². The molecule has 112 valence electrons. The molecule has 0 spiro atoms. The van der Waals surface area contributed by atoms with Crippen molar-refractivity contribution in [3.63, 3.8) is 0 Å². The average Bonchev–Trinajstić information content (AvgIpc) is 2.48. The summed E-state index contributed by atoms with van der Waals surface area (Å²) >= 11 is 3.20. The maximum Gasteiger partial charge on any atom is 0.130 e. The van der Waals surface area contributed by atoms with E-state index in [-0.39, 0.29) is 12.1 Å². The van der Waals surface area contributed by atoms with Crippen LogP contribution in [0.15, 0.2) is 46.9 Å². The lowest BCUT2D eigenvalue weighted by atomic mass is 9.88. The molecule has 3 N–H and O–H groups in total. The van der Waals surface area contributed by atoms with E-state index in [2.05, 4.69) is 15.9 Å². The third-order valence-electron chi connectivity index (χ3n) is 3.45. The lowest BCUT2D eigenvalue weighted by Crippen LogP contribution is -2.21. The van der Waals surface area contributed by atoms with Gasteiger partial charge < -0.3 is 15.6 Å². The van der Waals surface area contributed by atoms with Crippen LogP contribution in [0, 0.1) is 5.82 Å². The summed E-state index contributed by atoms with van der Waals surface area (Å²) in [7, 11) is 1.55. The first-order chi connectivity index (χ1) is 10.1. The highest BCUT2D eigenvalue weighted by Crippen LogP contribution is 2.36. The van der Waals surface area contributed by atoms with Crippen LogP contribution in [0.25, 0.3) is 0 Å². The fraction of sp³-hybridized carbons (Fsp3) is 0.250. The maximum atomic E-state index is 14.0. The van der Waals surface area contributed by atoms with Crippen molar-refractivity contribution in [2.75, 3.05) is 13.7 Å². The summed E-state index contributed by atoms with van der Waals surface area (Å²) in [5.74, 6) is -0.286. The molecule has 0 aromatic heterocycles. The number of ether oxygens (including phenoxy) is 1. The summed E-state index contributed by atoms with van der Waals surface area (Å²) in [6, 6.07) is 11.9. The van der Waals surface area contributed by atoms with Crippen molar-refractivity contribution in [3.8, 4) is 5.75 Å². The van der Waals surface area contributed by atoms with Gasteiger partial charge in [-0.05, 0) is 18.2 Å². The SMILES string of the molecule is COc1ccccc1C(CN)C(O)c1ccc(Br)cc1F. The van der Waals surface area contributed by atoms with Crippen LogP contribution >= 0.6 is 15.9 Å². The van der Waals surface area contributed by atoms with Crippen molar-refractivity contribution in [1.29, 1.82) is 0 Å². The van der Waals surface area contributed by atoms with E-state index in [9.17, 15) is 9.50 Å². The molecule has 2 aromatic rings. The Kier molecular flexibility index (Phi) is 5.33. The van der Waals surface area contributed by atoms with Crippen molar-refractivity contribution in [1.82, 2.24) is 0 Å². The molecule has 0 heterocycles. The molecule has 0 radical (unpaired) electrons. The molecule has 0 aliphatic heterocycles. The zero-order valence-electron chi connectivity index (χ0n) is 11.6. The van der Waals surface area contributed by atoms with Crippen molar-refractivity contribution >= 4 is 15.9 Å². The van der Waals surface area contributed by atoms with E-state index in [0.717, 1.165) is 5.56 Å². The average molecular weight is 354 g/mol. The molecular weight excluding hydrogens is 337 g/mol. The molecule has 2 atom stereocenters. The highest BCUT2D eigenvalue weighted by atomic mass is 79.9. The molecule has 0 fully saturated rings. The van der Waals surface area contributed by atoms with E-state index >= 15 is 0 Å². The second kappa shape index (κ2) is 7.02. The van der Waals surface area contributed by atoms with Crippen molar-refractivity contribution in [3.05, 3.63) is 63.9 Å². The monoisotopic (exact) mass is 353 g/mol. The molecule has 5 heteroatoms. The van der Waals surface area contributed by atoms with E-state index < -0.39 is 17.8 Å². The largest absolute Gasteiger partial charge is 0.496 e. The summed E-state index contributed by atoms with van der Waals surface area (Å²) < 4.78 is 20.0. The third-order valence-corrected chi connectivity index (χ3v) is 3.95. The van der Waals surface area contributed by atoms with Gasteiger partial charge in [0.05, 0.1) is 13.2 Å². The second-order valence-corrected chi connectivity index (χ2v) is 5.61. The van der Waals surface area contributed by atoms with Gasteiger partial charge in [-0.25, -0.2) is 4.39 Å². The third kappa shape index (κ3) is 3.43. The molecule has 0 aliphatic rings. The lowest BCUT2D eigenvalue weighted by molar-refractivity contribution is 0.141. The van der Waals surface area contributed by atoms with Crippen molar-refractivity contribution < 1.29 is 14.2 Å². The van der Waals surface area contributed by atoms with Crippen LogP contribution in [-0.4, -0.2) is 18.8 Å². The van der Waals surface area contributed by atoms with Crippen LogP contribution in [0.2, 0.25) is 0 Å². The Hall–Kier alpha value is -1.43. The minimum atomic E-state index is -1.04. The number of rotatable bonds is 5. The second-order valence-electron chi connectivity index (χ2n) is 4.69. The summed E-state index contributed by atoms with van der Waals surface area (Å²) in [5.41, 5.74) is 6.78. The predicted octanol–water partition coefficient (Wildman–Crippen LogP) is 3.37.